The van der Waals surface area contributed by atoms with Crippen molar-refractivity contribution in [1.29, 1.82) is 0 Å². The number of thiophene rings is 1. The van der Waals surface area contributed by atoms with Crippen molar-refractivity contribution < 1.29 is 9.53 Å². The van der Waals surface area contributed by atoms with E-state index in [-0.39, 0.29) is 12.0 Å². The summed E-state index contributed by atoms with van der Waals surface area (Å²) in [5.74, 6) is 1.55. The zero-order valence-electron chi connectivity index (χ0n) is 15.7. The van der Waals surface area contributed by atoms with Gasteiger partial charge in [-0.3, -0.25) is 4.79 Å². The third kappa shape index (κ3) is 3.96. The molecular weight excluding hydrogens is 350 g/mol. The molecule has 7 nitrogen and oxygen atoms in total. The highest BCUT2D eigenvalue weighted by Gasteiger charge is 2.24. The number of carbonyl (C=O) groups is 1. The Labute approximate surface area is 158 Å². The Hall–Kier alpha value is -2.19. The van der Waals surface area contributed by atoms with E-state index in [4.69, 9.17) is 9.72 Å². The van der Waals surface area contributed by atoms with Gasteiger partial charge in [0.15, 0.2) is 0 Å². The largest absolute Gasteiger partial charge is 0.374 e. The topological polar surface area (TPSA) is 70.6 Å². The van der Waals surface area contributed by atoms with E-state index in [1.807, 2.05) is 35.3 Å². The maximum Gasteiger partial charge on any atom is 0.227 e. The van der Waals surface area contributed by atoms with Crippen molar-refractivity contribution in [2.24, 2.45) is 0 Å². The summed E-state index contributed by atoms with van der Waals surface area (Å²) in [6, 6.07) is 4.10. The van der Waals surface area contributed by atoms with Gasteiger partial charge in [-0.15, -0.1) is 11.3 Å². The molecule has 26 heavy (non-hydrogen) atoms. The summed E-state index contributed by atoms with van der Waals surface area (Å²) >= 11 is 1.68. The number of anilines is 2. The molecule has 1 atom stereocenters. The van der Waals surface area contributed by atoms with Crippen molar-refractivity contribution in [1.82, 2.24) is 14.9 Å². The molecule has 2 aromatic heterocycles. The van der Waals surface area contributed by atoms with Gasteiger partial charge in [-0.1, -0.05) is 6.07 Å². The fraction of sp³-hybridized carbons (Fsp3) is 0.500. The molecule has 0 saturated carbocycles. The van der Waals surface area contributed by atoms with Gasteiger partial charge in [-0.05, 0) is 17.9 Å². The first-order valence-corrected chi connectivity index (χ1v) is 9.50. The summed E-state index contributed by atoms with van der Waals surface area (Å²) in [6.07, 6.45) is 0.724. The molecular formula is C18H25N5O2S. The Kier molecular flexibility index (Phi) is 5.73. The summed E-state index contributed by atoms with van der Waals surface area (Å²) in [5.41, 5.74) is 2.01. The lowest BCUT2D eigenvalue weighted by Crippen LogP contribution is -2.36. The van der Waals surface area contributed by atoms with Crippen LogP contribution >= 0.6 is 11.3 Å². The molecule has 8 heteroatoms. The number of ether oxygens (including phenoxy) is 1. The molecule has 0 aromatic carbocycles. The number of hydrogen-bond donors (Lipinski definition) is 1. The molecule has 0 unspecified atom stereocenters. The zero-order valence-corrected chi connectivity index (χ0v) is 16.5. The minimum atomic E-state index is -0.0271. The first-order chi connectivity index (χ1) is 12.5. The van der Waals surface area contributed by atoms with Crippen molar-refractivity contribution in [3.8, 4) is 0 Å². The van der Waals surface area contributed by atoms with Crippen LogP contribution in [0.4, 0.5) is 11.8 Å². The van der Waals surface area contributed by atoms with Gasteiger partial charge in [-0.25, -0.2) is 4.98 Å². The maximum absolute atomic E-state index is 11.7. The first-order valence-electron chi connectivity index (χ1n) is 8.62. The Morgan fingerprint density at radius 3 is 2.88 bits per heavy atom. The predicted octanol–water partition coefficient (Wildman–Crippen LogP) is 2.31. The summed E-state index contributed by atoms with van der Waals surface area (Å²) in [7, 11) is 5.55. The third-order valence-corrected chi connectivity index (χ3v) is 5.46. The van der Waals surface area contributed by atoms with Crippen molar-refractivity contribution in [2.75, 3.05) is 44.5 Å². The van der Waals surface area contributed by atoms with Crippen LogP contribution in [-0.2, 0) is 22.5 Å². The van der Waals surface area contributed by atoms with Crippen LogP contribution in [0, 0.1) is 0 Å². The Morgan fingerprint density at radius 1 is 1.46 bits per heavy atom. The molecule has 0 saturated heterocycles. The minimum Gasteiger partial charge on any atom is -0.374 e. The molecule has 1 N–H and O–H groups in total. The van der Waals surface area contributed by atoms with Crippen LogP contribution < -0.4 is 10.2 Å². The van der Waals surface area contributed by atoms with Gasteiger partial charge in [0.1, 0.15) is 11.9 Å². The number of methoxy groups -OCH3 is 1. The molecule has 2 aromatic rings. The van der Waals surface area contributed by atoms with Gasteiger partial charge in [0, 0.05) is 51.7 Å². The summed E-state index contributed by atoms with van der Waals surface area (Å²) in [6.45, 7) is 3.45. The number of nitrogens with zero attached hydrogens (tertiary/aromatic N) is 4. The monoisotopic (exact) mass is 375 g/mol. The quantitative estimate of drug-likeness (QED) is 0.835. The zero-order chi connectivity index (χ0) is 18.7. The SMILES string of the molecule is CO[C@@H](CNc1nc(N(C)C)nc2c1CCN(C(C)=O)C2)c1cccs1. The van der Waals surface area contributed by atoms with E-state index in [2.05, 4.69) is 16.4 Å². The van der Waals surface area contributed by atoms with Gasteiger partial charge < -0.3 is 19.9 Å². The molecule has 0 radical (unpaired) electrons. The highest BCUT2D eigenvalue weighted by Crippen LogP contribution is 2.28. The minimum absolute atomic E-state index is 0.0271. The van der Waals surface area contributed by atoms with E-state index in [0.29, 0.717) is 25.6 Å². The average molecular weight is 375 g/mol. The number of carbonyl (C=O) groups excluding carboxylic acids is 1. The molecule has 140 valence electrons. The Morgan fingerprint density at radius 2 is 2.27 bits per heavy atom. The van der Waals surface area contributed by atoms with Gasteiger partial charge in [0.05, 0.1) is 12.2 Å². The van der Waals surface area contributed by atoms with Gasteiger partial charge in [-0.2, -0.15) is 4.98 Å². The molecule has 1 aliphatic heterocycles. The Balaban J connectivity index is 1.85. The smallest absolute Gasteiger partial charge is 0.227 e. The lowest BCUT2D eigenvalue weighted by molar-refractivity contribution is -0.129. The standard InChI is InChI=1S/C18H25N5O2S/c1-12(24)23-8-7-13-14(11-23)20-18(22(2)3)21-17(13)19-10-15(25-4)16-6-5-9-26-16/h5-6,9,15H,7-8,10-11H2,1-4H3,(H,19,20,21)/t15-/m0/s1. The number of fused-ring (bicyclic) bond motifs is 1. The third-order valence-electron chi connectivity index (χ3n) is 4.50. The lowest BCUT2D eigenvalue weighted by atomic mass is 10.1. The normalized spacial score (nSPS) is 14.7. The average Bonchev–Trinajstić information content (AvgIpc) is 3.15. The van der Waals surface area contributed by atoms with E-state index in [0.717, 1.165) is 23.5 Å². The molecule has 1 amide bonds. The van der Waals surface area contributed by atoms with Crippen LogP contribution in [0.15, 0.2) is 17.5 Å². The fourth-order valence-corrected chi connectivity index (χ4v) is 3.80. The Bertz CT molecular complexity index is 763. The number of aromatic nitrogens is 2. The summed E-state index contributed by atoms with van der Waals surface area (Å²) < 4.78 is 5.63. The fourth-order valence-electron chi connectivity index (χ4n) is 3.00. The van der Waals surface area contributed by atoms with Crippen molar-refractivity contribution in [2.45, 2.75) is 26.0 Å². The number of nitrogens with one attached hydrogen (secondary N) is 1. The van der Waals surface area contributed by atoms with Crippen LogP contribution in [-0.4, -0.2) is 55.1 Å². The lowest BCUT2D eigenvalue weighted by Gasteiger charge is -2.29. The van der Waals surface area contributed by atoms with Gasteiger partial charge >= 0.3 is 0 Å². The summed E-state index contributed by atoms with van der Waals surface area (Å²) in [4.78, 5) is 26.0. The van der Waals surface area contributed by atoms with Gasteiger partial charge in [0.2, 0.25) is 11.9 Å². The highest BCUT2D eigenvalue weighted by atomic mass is 32.1. The second kappa shape index (κ2) is 8.01. The van der Waals surface area contributed by atoms with Crippen LogP contribution in [0.1, 0.15) is 29.2 Å². The number of rotatable bonds is 6. The van der Waals surface area contributed by atoms with E-state index >= 15 is 0 Å². The van der Waals surface area contributed by atoms with Crippen LogP contribution in [0.2, 0.25) is 0 Å². The van der Waals surface area contributed by atoms with Crippen LogP contribution in [0.25, 0.3) is 0 Å². The van der Waals surface area contributed by atoms with Crippen LogP contribution in [0.3, 0.4) is 0 Å². The van der Waals surface area contributed by atoms with E-state index in [1.165, 1.54) is 4.88 Å². The first kappa shape index (κ1) is 18.6. The maximum atomic E-state index is 11.7. The number of amides is 1. The molecule has 0 bridgehead atoms. The molecule has 3 rings (SSSR count). The predicted molar refractivity (Wildman–Crippen MR) is 104 cm³/mol. The van der Waals surface area contributed by atoms with Crippen molar-refractivity contribution in [3.63, 3.8) is 0 Å². The molecule has 3 heterocycles. The highest BCUT2D eigenvalue weighted by molar-refractivity contribution is 7.10. The van der Waals surface area contributed by atoms with Crippen molar-refractivity contribution in [3.05, 3.63) is 33.6 Å². The van der Waals surface area contributed by atoms with Gasteiger partial charge in [0.25, 0.3) is 0 Å². The van der Waals surface area contributed by atoms with E-state index in [1.54, 1.807) is 25.4 Å². The molecule has 0 aliphatic carbocycles. The van der Waals surface area contributed by atoms with Crippen LogP contribution in [0.5, 0.6) is 0 Å². The molecule has 1 aliphatic rings. The number of hydrogen-bond acceptors (Lipinski definition) is 7. The second-order valence-electron chi connectivity index (χ2n) is 6.50. The molecule has 0 spiro atoms. The van der Waals surface area contributed by atoms with Crippen molar-refractivity contribution >= 4 is 29.0 Å². The molecule has 0 fully saturated rings. The second-order valence-corrected chi connectivity index (χ2v) is 7.48. The van der Waals surface area contributed by atoms with E-state index < -0.39 is 0 Å². The summed E-state index contributed by atoms with van der Waals surface area (Å²) in [5, 5.41) is 5.50. The van der Waals surface area contributed by atoms with E-state index in [9.17, 15) is 4.79 Å².